The minimum absolute atomic E-state index is 0.0678. The zero-order chi connectivity index (χ0) is 23.7. The number of anilines is 3. The van der Waals surface area contributed by atoms with Gasteiger partial charge in [0, 0.05) is 21.3 Å². The third kappa shape index (κ3) is 4.84. The number of amides is 3. The van der Waals surface area contributed by atoms with Gasteiger partial charge in [-0.1, -0.05) is 46.4 Å². The van der Waals surface area contributed by atoms with Crippen LogP contribution in [-0.2, 0) is 9.59 Å². The summed E-state index contributed by atoms with van der Waals surface area (Å²) in [5, 5.41) is 6.55. The van der Waals surface area contributed by atoms with E-state index in [4.69, 9.17) is 46.4 Å². The van der Waals surface area contributed by atoms with E-state index in [0.29, 0.717) is 37.7 Å². The van der Waals surface area contributed by atoms with E-state index in [-0.39, 0.29) is 16.6 Å². The van der Waals surface area contributed by atoms with Crippen LogP contribution in [0.2, 0.25) is 15.1 Å². The number of nitrogens with one attached hydrogen (secondary N) is 2. The molecule has 0 radical (unpaired) electrons. The maximum Gasteiger partial charge on any atom is 0.283 e. The molecule has 1 heterocycles. The predicted molar refractivity (Wildman–Crippen MR) is 131 cm³/mol. The second kappa shape index (κ2) is 9.45. The van der Waals surface area contributed by atoms with Gasteiger partial charge in [-0.15, -0.1) is 0 Å². The van der Waals surface area contributed by atoms with Gasteiger partial charge in [-0.25, -0.2) is 4.90 Å². The summed E-state index contributed by atoms with van der Waals surface area (Å²) in [5.74, 6) is -1.64. The summed E-state index contributed by atoms with van der Waals surface area (Å²) >= 11 is 24.0. The third-order valence-corrected chi connectivity index (χ3v) is 5.86. The standard InChI is InChI=1S/C23H13Cl4N3O3/c24-13-3-8-16(9-4-13)30-22(32)19(27)20(23(30)33)28-15-6-1-12(2-7-15)21(31)29-18-10-5-14(25)11-17(18)26/h1-11,28H,(H,29,31). The quantitative estimate of drug-likeness (QED) is 0.385. The largest absolute Gasteiger partial charge is 0.350 e. The Labute approximate surface area is 208 Å². The maximum absolute atomic E-state index is 12.8. The first-order valence-corrected chi connectivity index (χ1v) is 10.9. The van der Waals surface area contributed by atoms with Gasteiger partial charge >= 0.3 is 0 Å². The van der Waals surface area contributed by atoms with Crippen molar-refractivity contribution in [1.29, 1.82) is 0 Å². The van der Waals surface area contributed by atoms with Gasteiger partial charge in [0.15, 0.2) is 0 Å². The average Bonchev–Trinajstić information content (AvgIpc) is 3.00. The molecule has 0 atom stereocenters. The highest BCUT2D eigenvalue weighted by molar-refractivity contribution is 6.53. The molecule has 4 rings (SSSR count). The van der Waals surface area contributed by atoms with Crippen LogP contribution in [0, 0.1) is 0 Å². The summed E-state index contributed by atoms with van der Waals surface area (Å²) < 4.78 is 0. The minimum Gasteiger partial charge on any atom is -0.350 e. The number of halogens is 4. The molecule has 1 aliphatic heterocycles. The molecule has 0 saturated carbocycles. The van der Waals surface area contributed by atoms with Gasteiger partial charge in [0.2, 0.25) is 0 Å². The minimum atomic E-state index is -0.651. The molecular formula is C23H13Cl4N3O3. The van der Waals surface area contributed by atoms with Crippen molar-refractivity contribution in [3.8, 4) is 0 Å². The first-order chi connectivity index (χ1) is 15.7. The molecular weight excluding hydrogens is 508 g/mol. The lowest BCUT2D eigenvalue weighted by atomic mass is 10.2. The van der Waals surface area contributed by atoms with Crippen molar-refractivity contribution in [2.24, 2.45) is 0 Å². The van der Waals surface area contributed by atoms with Crippen molar-refractivity contribution in [2.75, 3.05) is 15.5 Å². The van der Waals surface area contributed by atoms with Crippen LogP contribution in [0.25, 0.3) is 0 Å². The fraction of sp³-hybridized carbons (Fsp3) is 0. The molecule has 0 aliphatic carbocycles. The first-order valence-electron chi connectivity index (χ1n) is 9.42. The number of hydrogen-bond donors (Lipinski definition) is 2. The molecule has 33 heavy (non-hydrogen) atoms. The van der Waals surface area contributed by atoms with Crippen LogP contribution in [-0.4, -0.2) is 17.7 Å². The van der Waals surface area contributed by atoms with Gasteiger partial charge in [0.05, 0.1) is 16.4 Å². The normalized spacial score (nSPS) is 13.5. The number of benzene rings is 3. The highest BCUT2D eigenvalue weighted by Gasteiger charge is 2.38. The molecule has 0 saturated heterocycles. The van der Waals surface area contributed by atoms with Gasteiger partial charge in [-0.3, -0.25) is 14.4 Å². The first kappa shape index (κ1) is 23.1. The highest BCUT2D eigenvalue weighted by Crippen LogP contribution is 2.31. The lowest BCUT2D eigenvalue weighted by Crippen LogP contribution is -2.32. The molecule has 0 aromatic heterocycles. The van der Waals surface area contributed by atoms with E-state index in [2.05, 4.69) is 10.6 Å². The van der Waals surface area contributed by atoms with Crippen molar-refractivity contribution in [2.45, 2.75) is 0 Å². The molecule has 6 nitrogen and oxygen atoms in total. The topological polar surface area (TPSA) is 78.5 Å². The smallest absolute Gasteiger partial charge is 0.283 e. The van der Waals surface area contributed by atoms with Gasteiger partial charge < -0.3 is 10.6 Å². The molecule has 0 spiro atoms. The van der Waals surface area contributed by atoms with Crippen LogP contribution < -0.4 is 15.5 Å². The number of carbonyl (C=O) groups excluding carboxylic acids is 3. The molecule has 1 aliphatic rings. The van der Waals surface area contributed by atoms with Crippen molar-refractivity contribution in [3.63, 3.8) is 0 Å². The summed E-state index contributed by atoms with van der Waals surface area (Å²) in [6, 6.07) is 17.2. The van der Waals surface area contributed by atoms with Crippen molar-refractivity contribution >= 4 is 81.2 Å². The van der Waals surface area contributed by atoms with Crippen LogP contribution in [0.4, 0.5) is 17.1 Å². The maximum atomic E-state index is 12.8. The van der Waals surface area contributed by atoms with Crippen LogP contribution in [0.5, 0.6) is 0 Å². The molecule has 3 aromatic rings. The molecule has 2 N–H and O–H groups in total. The highest BCUT2D eigenvalue weighted by atomic mass is 35.5. The van der Waals surface area contributed by atoms with E-state index >= 15 is 0 Å². The Bertz CT molecular complexity index is 1310. The Morgan fingerprint density at radius 3 is 2.03 bits per heavy atom. The third-order valence-electron chi connectivity index (χ3n) is 4.71. The van der Waals surface area contributed by atoms with E-state index < -0.39 is 11.8 Å². The Morgan fingerprint density at radius 1 is 0.758 bits per heavy atom. The van der Waals surface area contributed by atoms with Gasteiger partial charge in [-0.2, -0.15) is 0 Å². The second-order valence-electron chi connectivity index (χ2n) is 6.89. The zero-order valence-corrected chi connectivity index (χ0v) is 19.6. The van der Waals surface area contributed by atoms with Crippen LogP contribution in [0.1, 0.15) is 10.4 Å². The molecule has 0 fully saturated rings. The van der Waals surface area contributed by atoms with Crippen molar-refractivity contribution < 1.29 is 14.4 Å². The molecule has 0 bridgehead atoms. The second-order valence-corrected chi connectivity index (χ2v) is 8.55. The Morgan fingerprint density at radius 2 is 1.39 bits per heavy atom. The van der Waals surface area contributed by atoms with Gasteiger partial charge in [-0.05, 0) is 66.7 Å². The fourth-order valence-corrected chi connectivity index (χ4v) is 3.86. The fourth-order valence-electron chi connectivity index (χ4n) is 3.07. The summed E-state index contributed by atoms with van der Waals surface area (Å²) in [6.45, 7) is 0. The molecule has 0 unspecified atom stereocenters. The monoisotopic (exact) mass is 519 g/mol. The summed E-state index contributed by atoms with van der Waals surface area (Å²) in [4.78, 5) is 38.8. The van der Waals surface area contributed by atoms with E-state index in [1.165, 1.54) is 6.07 Å². The average molecular weight is 521 g/mol. The molecule has 3 amide bonds. The molecule has 3 aromatic carbocycles. The number of carbonyl (C=O) groups is 3. The number of nitrogens with zero attached hydrogens (tertiary/aromatic N) is 1. The van der Waals surface area contributed by atoms with E-state index in [0.717, 1.165) is 4.90 Å². The lowest BCUT2D eigenvalue weighted by Gasteiger charge is -2.15. The Kier molecular flexibility index (Phi) is 6.63. The van der Waals surface area contributed by atoms with E-state index in [1.54, 1.807) is 60.7 Å². The number of hydrogen-bond acceptors (Lipinski definition) is 4. The number of imide groups is 1. The Hall–Kier alpha value is -3.03. The molecule has 10 heteroatoms. The predicted octanol–water partition coefficient (Wildman–Crippen LogP) is 6.33. The summed E-state index contributed by atoms with van der Waals surface area (Å²) in [6.07, 6.45) is 0. The van der Waals surface area contributed by atoms with Crippen LogP contribution in [0.15, 0.2) is 77.5 Å². The van der Waals surface area contributed by atoms with Crippen LogP contribution >= 0.6 is 46.4 Å². The van der Waals surface area contributed by atoms with Gasteiger partial charge in [0.1, 0.15) is 10.7 Å². The molecule has 166 valence electrons. The van der Waals surface area contributed by atoms with Crippen LogP contribution in [0.3, 0.4) is 0 Å². The lowest BCUT2D eigenvalue weighted by molar-refractivity contribution is -0.120. The Balaban J connectivity index is 1.48. The summed E-state index contributed by atoms with van der Waals surface area (Å²) in [7, 11) is 0. The van der Waals surface area contributed by atoms with Crippen molar-refractivity contribution in [3.05, 3.63) is 98.1 Å². The number of rotatable bonds is 5. The van der Waals surface area contributed by atoms with E-state index in [9.17, 15) is 14.4 Å². The van der Waals surface area contributed by atoms with Crippen molar-refractivity contribution in [1.82, 2.24) is 0 Å². The SMILES string of the molecule is O=C(Nc1ccc(Cl)cc1Cl)c1ccc(NC2=C(Cl)C(=O)N(c3ccc(Cl)cc3)C2=O)cc1. The van der Waals surface area contributed by atoms with E-state index in [1.807, 2.05) is 0 Å². The summed E-state index contributed by atoms with van der Waals surface area (Å²) in [5.41, 5.74) is 1.51. The zero-order valence-electron chi connectivity index (χ0n) is 16.5. The van der Waals surface area contributed by atoms with Gasteiger partial charge in [0.25, 0.3) is 17.7 Å².